The van der Waals surface area contributed by atoms with Gasteiger partial charge in [0, 0.05) is 0 Å². The lowest BCUT2D eigenvalue weighted by atomic mass is 10.1. The maximum Gasteiger partial charge on any atom is 0.353 e. The van der Waals surface area contributed by atoms with Gasteiger partial charge in [-0.2, -0.15) is 5.10 Å². The number of carbonyl (C=O) groups excluding carboxylic acids is 2. The molecule has 0 aliphatic heterocycles. The van der Waals surface area contributed by atoms with E-state index < -0.39 is 5.97 Å². The second kappa shape index (κ2) is 10.4. The molecule has 0 fully saturated rings. The minimum atomic E-state index is -0.453. The number of nitrogens with one attached hydrogen (secondary N) is 1. The number of aryl methyl sites for hydroxylation is 2. The van der Waals surface area contributed by atoms with Crippen LogP contribution in [0.25, 0.3) is 0 Å². The Bertz CT molecular complexity index is 1070. The fraction of sp³-hybridized carbons (Fsp3) is 0.174. The van der Waals surface area contributed by atoms with E-state index in [0.717, 1.165) is 11.1 Å². The number of methoxy groups -OCH3 is 1. The minimum Gasteiger partial charge on any atom is -0.493 e. The minimum absolute atomic E-state index is 0.152. The predicted molar refractivity (Wildman–Crippen MR) is 119 cm³/mol. The Kier molecular flexibility index (Phi) is 7.40. The topological polar surface area (TPSA) is 86.2 Å². The number of nitrogens with zero attached hydrogens (tertiary/aromatic N) is 1. The van der Waals surface area contributed by atoms with Crippen molar-refractivity contribution in [2.75, 3.05) is 13.7 Å². The molecule has 0 aliphatic rings. The average Bonchev–Trinajstić information content (AvgIpc) is 3.27. The summed E-state index contributed by atoms with van der Waals surface area (Å²) in [6.07, 6.45) is 1.46. The Balaban J connectivity index is 1.55. The molecule has 160 valence electrons. The maximum atomic E-state index is 12.1. The van der Waals surface area contributed by atoms with E-state index in [2.05, 4.69) is 10.5 Å². The highest BCUT2D eigenvalue weighted by Crippen LogP contribution is 2.28. The van der Waals surface area contributed by atoms with Crippen molar-refractivity contribution in [2.45, 2.75) is 13.8 Å². The fourth-order valence-corrected chi connectivity index (χ4v) is 3.37. The van der Waals surface area contributed by atoms with Gasteiger partial charge in [-0.3, -0.25) is 4.79 Å². The van der Waals surface area contributed by atoms with Gasteiger partial charge in [0.05, 0.1) is 13.3 Å². The maximum absolute atomic E-state index is 12.1. The number of amides is 1. The van der Waals surface area contributed by atoms with Gasteiger partial charge in [0.1, 0.15) is 10.6 Å². The molecule has 1 heterocycles. The Labute approximate surface area is 184 Å². The van der Waals surface area contributed by atoms with E-state index in [1.807, 2.05) is 32.0 Å². The van der Waals surface area contributed by atoms with Gasteiger partial charge in [0.2, 0.25) is 0 Å². The first-order valence-electron chi connectivity index (χ1n) is 9.41. The number of benzene rings is 2. The van der Waals surface area contributed by atoms with Gasteiger partial charge in [-0.05, 0) is 72.3 Å². The molecule has 1 aromatic heterocycles. The average molecular weight is 439 g/mol. The van der Waals surface area contributed by atoms with Crippen molar-refractivity contribution < 1.29 is 23.8 Å². The Morgan fingerprint density at radius 3 is 2.52 bits per heavy atom. The van der Waals surface area contributed by atoms with Crippen LogP contribution in [0.15, 0.2) is 59.0 Å². The summed E-state index contributed by atoms with van der Waals surface area (Å²) in [4.78, 5) is 24.6. The third kappa shape index (κ3) is 6.42. The summed E-state index contributed by atoms with van der Waals surface area (Å²) < 4.78 is 16.2. The van der Waals surface area contributed by atoms with Crippen LogP contribution in [0.1, 0.15) is 26.4 Å². The van der Waals surface area contributed by atoms with E-state index in [1.165, 1.54) is 24.7 Å². The van der Waals surface area contributed by atoms with Gasteiger partial charge >= 0.3 is 5.97 Å². The molecule has 0 bridgehead atoms. The van der Waals surface area contributed by atoms with E-state index in [1.54, 1.807) is 35.7 Å². The van der Waals surface area contributed by atoms with Gasteiger partial charge in [-0.1, -0.05) is 12.1 Å². The molecule has 1 amide bonds. The summed E-state index contributed by atoms with van der Waals surface area (Å²) in [6, 6.07) is 14.2. The Hall–Kier alpha value is -3.65. The summed E-state index contributed by atoms with van der Waals surface area (Å²) in [5.41, 5.74) is 5.19. The van der Waals surface area contributed by atoms with Crippen molar-refractivity contribution in [1.29, 1.82) is 0 Å². The van der Waals surface area contributed by atoms with Crippen molar-refractivity contribution in [3.05, 3.63) is 75.5 Å². The zero-order valence-electron chi connectivity index (χ0n) is 17.4. The molecular weight excluding hydrogens is 416 g/mol. The molecule has 0 saturated carbocycles. The normalized spacial score (nSPS) is 10.7. The van der Waals surface area contributed by atoms with E-state index in [9.17, 15) is 9.59 Å². The number of hydrogen-bond acceptors (Lipinski definition) is 7. The molecule has 3 rings (SSSR count). The molecule has 1 N–H and O–H groups in total. The van der Waals surface area contributed by atoms with Crippen molar-refractivity contribution >= 4 is 29.4 Å². The van der Waals surface area contributed by atoms with Crippen LogP contribution in [-0.4, -0.2) is 31.8 Å². The summed E-state index contributed by atoms with van der Waals surface area (Å²) in [6.45, 7) is 3.78. The molecule has 0 unspecified atom stereocenters. The Morgan fingerprint density at radius 2 is 1.84 bits per heavy atom. The standard InChI is InChI=1S/C23H22N2O5S/c1-15-9-16(2)11-18(10-15)29-14-22(26)25-24-13-17-6-7-19(20(12-17)28-3)30-23(27)21-5-4-8-31-21/h4-13H,14H2,1-3H3,(H,25,26)/b24-13+. The first-order valence-corrected chi connectivity index (χ1v) is 10.3. The third-order valence-electron chi connectivity index (χ3n) is 4.08. The monoisotopic (exact) mass is 438 g/mol. The van der Waals surface area contributed by atoms with E-state index >= 15 is 0 Å². The predicted octanol–water partition coefficient (Wildman–Crippen LogP) is 4.12. The highest BCUT2D eigenvalue weighted by atomic mass is 32.1. The Morgan fingerprint density at radius 1 is 1.06 bits per heavy atom. The van der Waals surface area contributed by atoms with E-state index in [4.69, 9.17) is 14.2 Å². The molecule has 7 nitrogen and oxygen atoms in total. The molecule has 0 atom stereocenters. The van der Waals surface area contributed by atoms with Gasteiger partial charge in [-0.15, -0.1) is 11.3 Å². The lowest BCUT2D eigenvalue weighted by molar-refractivity contribution is -0.123. The molecule has 0 radical (unpaired) electrons. The van der Waals surface area contributed by atoms with Crippen molar-refractivity contribution in [3.63, 3.8) is 0 Å². The molecule has 2 aromatic carbocycles. The number of ether oxygens (including phenoxy) is 3. The number of hydrazone groups is 1. The fourth-order valence-electron chi connectivity index (χ4n) is 2.77. The van der Waals surface area contributed by atoms with Crippen LogP contribution in [-0.2, 0) is 4.79 Å². The van der Waals surface area contributed by atoms with Crippen molar-refractivity contribution in [1.82, 2.24) is 5.43 Å². The summed E-state index contributed by atoms with van der Waals surface area (Å²) >= 11 is 1.30. The smallest absolute Gasteiger partial charge is 0.353 e. The second-order valence-corrected chi connectivity index (χ2v) is 7.63. The third-order valence-corrected chi connectivity index (χ3v) is 4.93. The van der Waals surface area contributed by atoms with Crippen LogP contribution in [0.5, 0.6) is 17.2 Å². The molecule has 3 aromatic rings. The van der Waals surface area contributed by atoms with Crippen molar-refractivity contribution in [2.24, 2.45) is 5.10 Å². The van der Waals surface area contributed by atoms with E-state index in [0.29, 0.717) is 27.7 Å². The zero-order valence-corrected chi connectivity index (χ0v) is 18.2. The highest BCUT2D eigenvalue weighted by Gasteiger charge is 2.13. The quantitative estimate of drug-likeness (QED) is 0.247. The van der Waals surface area contributed by atoms with Gasteiger partial charge in [-0.25, -0.2) is 10.2 Å². The number of esters is 1. The van der Waals surface area contributed by atoms with Crippen LogP contribution in [0, 0.1) is 13.8 Å². The van der Waals surface area contributed by atoms with Crippen LogP contribution >= 0.6 is 11.3 Å². The van der Waals surface area contributed by atoms with Crippen LogP contribution < -0.4 is 19.6 Å². The first-order chi connectivity index (χ1) is 14.9. The SMILES string of the molecule is COc1cc(/C=N/NC(=O)COc2cc(C)cc(C)c2)ccc1OC(=O)c1cccs1. The molecule has 8 heteroatoms. The number of thiophene rings is 1. The molecule has 0 saturated heterocycles. The van der Waals surface area contributed by atoms with Crippen LogP contribution in [0.4, 0.5) is 0 Å². The molecule has 31 heavy (non-hydrogen) atoms. The number of rotatable bonds is 8. The first kappa shape index (κ1) is 22.0. The lowest BCUT2D eigenvalue weighted by Crippen LogP contribution is -2.24. The molecule has 0 aliphatic carbocycles. The number of hydrogen-bond donors (Lipinski definition) is 1. The molecule has 0 spiro atoms. The highest BCUT2D eigenvalue weighted by molar-refractivity contribution is 7.12. The zero-order chi connectivity index (χ0) is 22.2. The number of carbonyl (C=O) groups is 2. The second-order valence-electron chi connectivity index (χ2n) is 6.68. The summed E-state index contributed by atoms with van der Waals surface area (Å²) in [5.74, 6) is 0.464. The van der Waals surface area contributed by atoms with Crippen LogP contribution in [0.2, 0.25) is 0 Å². The largest absolute Gasteiger partial charge is 0.493 e. The van der Waals surface area contributed by atoms with Crippen molar-refractivity contribution in [3.8, 4) is 17.2 Å². The summed E-state index contributed by atoms with van der Waals surface area (Å²) in [7, 11) is 1.48. The van der Waals surface area contributed by atoms with Gasteiger partial charge in [0.15, 0.2) is 18.1 Å². The lowest BCUT2D eigenvalue weighted by Gasteiger charge is -2.09. The van der Waals surface area contributed by atoms with Gasteiger partial charge < -0.3 is 14.2 Å². The molecular formula is C23H22N2O5S. The summed E-state index contributed by atoms with van der Waals surface area (Å²) in [5, 5.41) is 5.73. The van der Waals surface area contributed by atoms with Crippen LogP contribution in [0.3, 0.4) is 0 Å². The van der Waals surface area contributed by atoms with E-state index in [-0.39, 0.29) is 12.5 Å². The van der Waals surface area contributed by atoms with Gasteiger partial charge in [0.25, 0.3) is 5.91 Å².